The first-order valence-corrected chi connectivity index (χ1v) is 20.4. The molecule has 58 heavy (non-hydrogen) atoms. The van der Waals surface area contributed by atoms with E-state index in [2.05, 4.69) is 26.3 Å². The van der Waals surface area contributed by atoms with Crippen LogP contribution in [0.15, 0.2) is 36.4 Å². The summed E-state index contributed by atoms with van der Waals surface area (Å²) in [4.78, 5) is 51.6. The zero-order valence-electron chi connectivity index (χ0n) is 34.4. The van der Waals surface area contributed by atoms with Gasteiger partial charge in [-0.2, -0.15) is 0 Å². The second kappa shape index (κ2) is 18.2. The van der Waals surface area contributed by atoms with Gasteiger partial charge in [-0.3, -0.25) is 19.3 Å². The summed E-state index contributed by atoms with van der Waals surface area (Å²) in [6.07, 6.45) is -0.203. The molecule has 0 bridgehead atoms. The van der Waals surface area contributed by atoms with Crippen LogP contribution < -0.4 is 21.3 Å². The predicted molar refractivity (Wildman–Crippen MR) is 217 cm³/mol. The number of nitrogens with one attached hydrogen (secondary N) is 5. The van der Waals surface area contributed by atoms with Crippen molar-refractivity contribution < 1.29 is 32.7 Å². The van der Waals surface area contributed by atoms with Gasteiger partial charge in [-0.05, 0) is 95.4 Å². The van der Waals surface area contributed by atoms with Crippen LogP contribution in [0.3, 0.4) is 0 Å². The molecule has 4 heterocycles. The Morgan fingerprint density at radius 1 is 0.966 bits per heavy atom. The average Bonchev–Trinajstić information content (AvgIpc) is 3.98. The van der Waals surface area contributed by atoms with Crippen LogP contribution in [-0.4, -0.2) is 123 Å². The molecule has 3 amide bonds. The number of benzene rings is 2. The molecule has 316 valence electrons. The van der Waals surface area contributed by atoms with Crippen molar-refractivity contribution in [3.05, 3.63) is 53.6 Å². The van der Waals surface area contributed by atoms with Gasteiger partial charge in [-0.25, -0.2) is 18.2 Å². The number of aliphatic hydroxyl groups is 1. The van der Waals surface area contributed by atoms with Gasteiger partial charge >= 0.3 is 0 Å². The van der Waals surface area contributed by atoms with Crippen LogP contribution in [0.2, 0.25) is 0 Å². The molecule has 2 aromatic heterocycles. The summed E-state index contributed by atoms with van der Waals surface area (Å²) in [6.45, 7) is 9.93. The Morgan fingerprint density at radius 2 is 1.64 bits per heavy atom. The van der Waals surface area contributed by atoms with E-state index in [0.717, 1.165) is 12.8 Å². The highest BCUT2D eigenvalue weighted by Crippen LogP contribution is 2.37. The van der Waals surface area contributed by atoms with Crippen molar-refractivity contribution in [3.8, 4) is 11.5 Å². The molecule has 6 rings (SSSR count). The first kappa shape index (κ1) is 43.1. The molecule has 2 aliphatic rings. The zero-order chi connectivity index (χ0) is 42.0. The Morgan fingerprint density at radius 3 is 2.31 bits per heavy atom. The summed E-state index contributed by atoms with van der Waals surface area (Å²) < 4.78 is 46.9. The topological polar surface area (TPSA) is 160 Å². The molecule has 0 aliphatic carbocycles. The van der Waals surface area contributed by atoms with Crippen molar-refractivity contribution in [1.29, 1.82) is 0 Å². The van der Waals surface area contributed by atoms with Gasteiger partial charge in [0.05, 0.1) is 41.4 Å². The average molecular weight is 810 g/mol. The van der Waals surface area contributed by atoms with Gasteiger partial charge in [0.25, 0.3) is 0 Å². The molecule has 2 aliphatic heterocycles. The number of hydrogen-bond donors (Lipinski definition) is 6. The Balaban J connectivity index is 1.39. The number of rotatable bonds is 16. The fourth-order valence-electron chi connectivity index (χ4n) is 8.46. The molecule has 8 atom stereocenters. The van der Waals surface area contributed by atoms with E-state index in [0.29, 0.717) is 58.5 Å². The van der Waals surface area contributed by atoms with E-state index >= 15 is 4.39 Å². The van der Waals surface area contributed by atoms with E-state index < -0.39 is 54.2 Å². The number of carbonyl (C=O) groups excluding carboxylic acids is 3. The largest absolute Gasteiger partial charge is 0.376 e. The molecule has 1 unspecified atom stereocenters. The summed E-state index contributed by atoms with van der Waals surface area (Å²) in [5.74, 6) is -1.52. The van der Waals surface area contributed by atoms with Crippen molar-refractivity contribution >= 4 is 39.7 Å². The highest BCUT2D eigenvalue weighted by molar-refractivity contribution is 5.93. The number of aliphatic hydroxyl groups excluding tert-OH is 1. The Labute approximate surface area is 337 Å². The van der Waals surface area contributed by atoms with E-state index in [1.54, 1.807) is 47.0 Å². The van der Waals surface area contributed by atoms with Gasteiger partial charge in [0.15, 0.2) is 5.82 Å². The summed E-state index contributed by atoms with van der Waals surface area (Å²) in [5.41, 5.74) is 2.72. The monoisotopic (exact) mass is 809 g/mol. The van der Waals surface area contributed by atoms with E-state index in [-0.39, 0.29) is 49.1 Å². The standard InChI is InChI=1S/C42H58F3N9O4/c1-8-32(50-39(55)23(4)46-6)41(57)53-20-27(45)16-29(53)19-31-30-13-11-25(43)17-33(30)48-37(31)38-49-34-18-26(44)12-14-35(34)54(38)21-28-10-9-15-52(28)42(58)36(22(2)3)51-40(56)24(5)47-7/h11-14,17-18,22-24,27-29,32,36,42,46-48,58H,8-10,15-16,19-21H2,1-7H3,(H,50,55)(H,51,56)/t23-,24-,27-,28-,29-,32-,36-,42?/m0/s1. The second-order valence-electron chi connectivity index (χ2n) is 16.2. The maximum Gasteiger partial charge on any atom is 0.245 e. The van der Waals surface area contributed by atoms with Crippen LogP contribution in [0.25, 0.3) is 33.5 Å². The summed E-state index contributed by atoms with van der Waals surface area (Å²) >= 11 is 0. The molecule has 6 N–H and O–H groups in total. The number of aromatic amines is 1. The first-order chi connectivity index (χ1) is 27.6. The lowest BCUT2D eigenvalue weighted by atomic mass is 9.99. The second-order valence-corrected chi connectivity index (χ2v) is 16.2. The third-order valence-corrected chi connectivity index (χ3v) is 12.1. The van der Waals surface area contributed by atoms with Crippen LogP contribution in [0, 0.1) is 17.6 Å². The van der Waals surface area contributed by atoms with Crippen molar-refractivity contribution in [2.45, 2.75) is 122 Å². The predicted octanol–water partition coefficient (Wildman–Crippen LogP) is 3.98. The molecule has 2 fully saturated rings. The van der Waals surface area contributed by atoms with Gasteiger partial charge in [0, 0.05) is 48.6 Å². The molecule has 0 radical (unpaired) electrons. The number of nitrogens with zero attached hydrogens (tertiary/aromatic N) is 4. The number of alkyl halides is 1. The van der Waals surface area contributed by atoms with Crippen LogP contribution in [0.4, 0.5) is 13.2 Å². The lowest BCUT2D eigenvalue weighted by Crippen LogP contribution is -2.58. The number of imidazole rings is 1. The lowest BCUT2D eigenvalue weighted by Gasteiger charge is -2.37. The number of amides is 3. The van der Waals surface area contributed by atoms with Crippen LogP contribution >= 0.6 is 0 Å². The third kappa shape index (κ3) is 8.89. The van der Waals surface area contributed by atoms with Gasteiger partial charge in [0.1, 0.15) is 30.1 Å². The normalized spacial score (nSPS) is 21.4. The number of likely N-dealkylation sites (tertiary alicyclic amines) is 2. The number of H-pyrrole nitrogens is 1. The van der Waals surface area contributed by atoms with Crippen LogP contribution in [0.1, 0.15) is 65.9 Å². The SMILES string of the molecule is CC[C@H](NC(=O)[C@H](C)NC)C(=O)N1C[C@@H](F)C[C@H]1Cc1c(-c2nc3cc(F)ccc3n2C[C@@H]2CCCN2C(O)[C@@H](NC(=O)[C@H](C)NC)C(C)C)[nH]c2cc(F)ccc12. The van der Waals surface area contributed by atoms with Crippen molar-refractivity contribution in [2.75, 3.05) is 27.2 Å². The van der Waals surface area contributed by atoms with Crippen molar-refractivity contribution in [2.24, 2.45) is 5.92 Å². The third-order valence-electron chi connectivity index (χ3n) is 12.1. The first-order valence-electron chi connectivity index (χ1n) is 20.4. The lowest BCUT2D eigenvalue weighted by molar-refractivity contribution is -0.137. The number of carbonyl (C=O) groups is 3. The number of likely N-dealkylation sites (N-methyl/N-ethyl adjacent to an activating group) is 2. The molecule has 4 aromatic rings. The molecular formula is C42H58F3N9O4. The molecule has 16 heteroatoms. The highest BCUT2D eigenvalue weighted by atomic mass is 19.1. The summed E-state index contributed by atoms with van der Waals surface area (Å²) in [7, 11) is 3.35. The quantitative estimate of drug-likeness (QED) is 0.0993. The molecular weight excluding hydrogens is 752 g/mol. The number of aromatic nitrogens is 3. The Kier molecular flexibility index (Phi) is 13.5. The minimum absolute atomic E-state index is 0.0630. The maximum atomic E-state index is 15.4. The number of fused-ring (bicyclic) bond motifs is 2. The molecule has 13 nitrogen and oxygen atoms in total. The van der Waals surface area contributed by atoms with E-state index in [9.17, 15) is 28.3 Å². The molecule has 2 aromatic carbocycles. The number of halogens is 3. The summed E-state index contributed by atoms with van der Waals surface area (Å²) in [6, 6.07) is 5.56. The zero-order valence-corrected chi connectivity index (χ0v) is 34.4. The minimum atomic E-state index is -1.29. The minimum Gasteiger partial charge on any atom is -0.376 e. The highest BCUT2D eigenvalue weighted by Gasteiger charge is 2.41. The van der Waals surface area contributed by atoms with Crippen molar-refractivity contribution in [3.63, 3.8) is 0 Å². The fraction of sp³-hybridized carbons (Fsp3) is 0.571. The van der Waals surface area contributed by atoms with Crippen LogP contribution in [-0.2, 0) is 27.3 Å². The van der Waals surface area contributed by atoms with Gasteiger partial charge in [-0.1, -0.05) is 20.8 Å². The summed E-state index contributed by atoms with van der Waals surface area (Å²) in [5, 5.41) is 24.2. The van der Waals surface area contributed by atoms with E-state index in [1.165, 1.54) is 29.2 Å². The number of hydrogen-bond acceptors (Lipinski definition) is 8. The van der Waals surface area contributed by atoms with Crippen LogP contribution in [0.5, 0.6) is 0 Å². The fourth-order valence-corrected chi connectivity index (χ4v) is 8.46. The molecule has 0 spiro atoms. The molecule has 2 saturated heterocycles. The smallest absolute Gasteiger partial charge is 0.245 e. The Hall–Kier alpha value is -4.51. The molecule has 0 saturated carbocycles. The Bertz CT molecular complexity index is 2110. The van der Waals surface area contributed by atoms with E-state index in [1.807, 2.05) is 23.3 Å². The van der Waals surface area contributed by atoms with E-state index in [4.69, 9.17) is 4.98 Å². The maximum absolute atomic E-state index is 15.4. The van der Waals surface area contributed by atoms with Gasteiger partial charge in [-0.15, -0.1) is 0 Å². The van der Waals surface area contributed by atoms with Gasteiger partial charge in [0.2, 0.25) is 17.7 Å². The van der Waals surface area contributed by atoms with Gasteiger partial charge < -0.3 is 40.8 Å². The van der Waals surface area contributed by atoms with Crippen molar-refractivity contribution in [1.82, 2.24) is 45.6 Å².